The van der Waals surface area contributed by atoms with Crippen molar-refractivity contribution >= 4 is 6.21 Å². The maximum atomic E-state index is 13.7. The van der Waals surface area contributed by atoms with Gasteiger partial charge >= 0.3 is 0 Å². The summed E-state index contributed by atoms with van der Waals surface area (Å²) in [4.78, 5) is 4.29. The Morgan fingerprint density at radius 1 is 1.50 bits per heavy atom. The molecular formula is C11H15FN2. The van der Waals surface area contributed by atoms with E-state index in [1.807, 2.05) is 19.2 Å². The molecule has 0 aromatic rings. The zero-order valence-corrected chi connectivity index (χ0v) is 8.71. The van der Waals surface area contributed by atoms with Gasteiger partial charge < -0.3 is 5.32 Å². The molecule has 0 aromatic heterocycles. The van der Waals surface area contributed by atoms with E-state index in [0.29, 0.717) is 5.57 Å². The summed E-state index contributed by atoms with van der Waals surface area (Å²) in [5.74, 6) is 0.227. The molecule has 0 radical (unpaired) electrons. The average Bonchev–Trinajstić information content (AvgIpc) is 2.46. The van der Waals surface area contributed by atoms with Gasteiger partial charge in [-0.1, -0.05) is 6.08 Å². The Morgan fingerprint density at radius 2 is 2.21 bits per heavy atom. The molecule has 0 bridgehead atoms. The van der Waals surface area contributed by atoms with Crippen LogP contribution in [0, 0.1) is 5.92 Å². The lowest BCUT2D eigenvalue weighted by Gasteiger charge is -2.24. The Balaban J connectivity index is 2.28. The molecule has 0 spiro atoms. The van der Waals surface area contributed by atoms with Gasteiger partial charge in [0, 0.05) is 17.7 Å². The lowest BCUT2D eigenvalue weighted by atomic mass is 9.90. The van der Waals surface area contributed by atoms with Gasteiger partial charge in [0.1, 0.15) is 11.8 Å². The zero-order valence-electron chi connectivity index (χ0n) is 8.71. The van der Waals surface area contributed by atoms with Gasteiger partial charge in [-0.25, -0.2) is 4.39 Å². The van der Waals surface area contributed by atoms with Crippen molar-refractivity contribution in [2.75, 3.05) is 0 Å². The number of alkyl halides is 1. The fourth-order valence-electron chi connectivity index (χ4n) is 1.77. The number of nitrogens with zero attached hydrogens (tertiary/aromatic N) is 1. The normalized spacial score (nSPS) is 30.6. The molecule has 0 aromatic carbocycles. The molecule has 2 rings (SSSR count). The molecule has 76 valence electrons. The summed E-state index contributed by atoms with van der Waals surface area (Å²) in [5.41, 5.74) is 0.598. The highest BCUT2D eigenvalue weighted by Crippen LogP contribution is 2.31. The molecule has 2 nitrogen and oxygen atoms in total. The van der Waals surface area contributed by atoms with Crippen molar-refractivity contribution in [3.63, 3.8) is 0 Å². The zero-order chi connectivity index (χ0) is 10.3. The van der Waals surface area contributed by atoms with Gasteiger partial charge in [-0.3, -0.25) is 4.99 Å². The summed E-state index contributed by atoms with van der Waals surface area (Å²) < 4.78 is 13.7. The van der Waals surface area contributed by atoms with Crippen LogP contribution < -0.4 is 5.32 Å². The van der Waals surface area contributed by atoms with Crippen LogP contribution in [0.1, 0.15) is 20.8 Å². The Morgan fingerprint density at radius 3 is 2.86 bits per heavy atom. The number of halogens is 1. The van der Waals surface area contributed by atoms with Crippen LogP contribution in [-0.4, -0.2) is 18.0 Å². The summed E-state index contributed by atoms with van der Waals surface area (Å²) in [6.07, 6.45) is 5.66. The third kappa shape index (κ3) is 1.47. The standard InChI is InChI=1S/C11H15FN2/c1-7-5-13-10-9(7)4-8(6-14-10)11(2,3)12/h4-6,9-10,13H,1-3H3. The van der Waals surface area contributed by atoms with Crippen LogP contribution in [0.15, 0.2) is 28.4 Å². The number of nitrogens with one attached hydrogen (secondary N) is 1. The molecule has 2 atom stereocenters. The van der Waals surface area contributed by atoms with Crippen LogP contribution in [0.4, 0.5) is 4.39 Å². The fourth-order valence-corrected chi connectivity index (χ4v) is 1.77. The van der Waals surface area contributed by atoms with Crippen molar-refractivity contribution in [1.29, 1.82) is 0 Å². The number of fused-ring (bicyclic) bond motifs is 1. The smallest absolute Gasteiger partial charge is 0.131 e. The van der Waals surface area contributed by atoms with Crippen molar-refractivity contribution in [3.05, 3.63) is 23.4 Å². The van der Waals surface area contributed by atoms with Crippen LogP contribution >= 0.6 is 0 Å². The molecule has 2 aliphatic heterocycles. The molecule has 0 saturated heterocycles. The van der Waals surface area contributed by atoms with E-state index < -0.39 is 5.67 Å². The Labute approximate surface area is 83.6 Å². The minimum Gasteiger partial charge on any atom is -0.369 e. The Kier molecular flexibility index (Phi) is 1.98. The maximum absolute atomic E-state index is 13.7. The van der Waals surface area contributed by atoms with E-state index in [2.05, 4.69) is 10.3 Å². The van der Waals surface area contributed by atoms with E-state index in [0.717, 1.165) is 0 Å². The van der Waals surface area contributed by atoms with Gasteiger partial charge in [-0.2, -0.15) is 0 Å². The molecule has 14 heavy (non-hydrogen) atoms. The number of aliphatic imine (C=N–C) groups is 1. The molecule has 0 amide bonds. The topological polar surface area (TPSA) is 24.4 Å². The first kappa shape index (κ1) is 9.44. The van der Waals surface area contributed by atoms with Crippen molar-refractivity contribution in [2.24, 2.45) is 10.9 Å². The minimum absolute atomic E-state index is 0.0844. The molecule has 2 heterocycles. The van der Waals surface area contributed by atoms with Gasteiger partial charge in [0.05, 0.1) is 0 Å². The van der Waals surface area contributed by atoms with Gasteiger partial charge in [0.2, 0.25) is 0 Å². The summed E-state index contributed by atoms with van der Waals surface area (Å²) in [6, 6.07) is 0. The summed E-state index contributed by atoms with van der Waals surface area (Å²) in [5, 5.41) is 3.15. The lowest BCUT2D eigenvalue weighted by molar-refractivity contribution is 0.275. The van der Waals surface area contributed by atoms with E-state index in [9.17, 15) is 4.39 Å². The highest BCUT2D eigenvalue weighted by Gasteiger charge is 2.31. The van der Waals surface area contributed by atoms with E-state index in [4.69, 9.17) is 0 Å². The summed E-state index contributed by atoms with van der Waals surface area (Å²) in [7, 11) is 0. The molecule has 0 fully saturated rings. The van der Waals surface area contributed by atoms with Crippen LogP contribution in [0.5, 0.6) is 0 Å². The van der Waals surface area contributed by atoms with Crippen LogP contribution in [0.25, 0.3) is 0 Å². The fraction of sp³-hybridized carbons (Fsp3) is 0.545. The maximum Gasteiger partial charge on any atom is 0.131 e. The second kappa shape index (κ2) is 2.94. The third-order valence-corrected chi connectivity index (χ3v) is 2.77. The van der Waals surface area contributed by atoms with E-state index in [1.54, 1.807) is 20.1 Å². The molecular weight excluding hydrogens is 179 g/mol. The third-order valence-electron chi connectivity index (χ3n) is 2.77. The highest BCUT2D eigenvalue weighted by atomic mass is 19.1. The number of allylic oxidation sites excluding steroid dienone is 1. The summed E-state index contributed by atoms with van der Waals surface area (Å²) >= 11 is 0. The number of rotatable bonds is 1. The first-order chi connectivity index (χ1) is 6.48. The second-order valence-corrected chi connectivity index (χ2v) is 4.40. The Bertz CT molecular complexity index is 334. The van der Waals surface area contributed by atoms with Crippen molar-refractivity contribution in [1.82, 2.24) is 5.32 Å². The first-order valence-electron chi connectivity index (χ1n) is 4.85. The van der Waals surface area contributed by atoms with Crippen LogP contribution in [0.2, 0.25) is 0 Å². The van der Waals surface area contributed by atoms with Crippen molar-refractivity contribution < 1.29 is 4.39 Å². The minimum atomic E-state index is -1.29. The summed E-state index contributed by atoms with van der Waals surface area (Å²) in [6.45, 7) is 5.16. The van der Waals surface area contributed by atoms with Gasteiger partial charge in [-0.15, -0.1) is 0 Å². The highest BCUT2D eigenvalue weighted by molar-refractivity contribution is 5.82. The monoisotopic (exact) mass is 194 g/mol. The average molecular weight is 194 g/mol. The number of hydrogen-bond donors (Lipinski definition) is 1. The predicted octanol–water partition coefficient (Wildman–Crippen LogP) is 2.19. The number of hydrogen-bond acceptors (Lipinski definition) is 2. The molecule has 2 aliphatic rings. The molecule has 0 saturated carbocycles. The van der Waals surface area contributed by atoms with Gasteiger partial charge in [-0.05, 0) is 32.5 Å². The molecule has 2 unspecified atom stereocenters. The lowest BCUT2D eigenvalue weighted by Crippen LogP contribution is -2.30. The Hall–Kier alpha value is -1.12. The largest absolute Gasteiger partial charge is 0.369 e. The predicted molar refractivity (Wildman–Crippen MR) is 55.9 cm³/mol. The van der Waals surface area contributed by atoms with Gasteiger partial charge in [0.25, 0.3) is 0 Å². The molecule has 1 N–H and O–H groups in total. The van der Waals surface area contributed by atoms with Gasteiger partial charge in [0.15, 0.2) is 0 Å². The number of dihydropyridines is 1. The SMILES string of the molecule is CC1=CNC2N=CC(C(C)(C)F)=CC12. The van der Waals surface area contributed by atoms with E-state index in [1.165, 1.54) is 5.57 Å². The van der Waals surface area contributed by atoms with Crippen LogP contribution in [-0.2, 0) is 0 Å². The van der Waals surface area contributed by atoms with E-state index >= 15 is 0 Å². The van der Waals surface area contributed by atoms with Crippen molar-refractivity contribution in [3.8, 4) is 0 Å². The second-order valence-electron chi connectivity index (χ2n) is 4.40. The quantitative estimate of drug-likeness (QED) is 0.680. The first-order valence-corrected chi connectivity index (χ1v) is 4.85. The molecule has 0 aliphatic carbocycles. The van der Waals surface area contributed by atoms with Crippen molar-refractivity contribution in [2.45, 2.75) is 32.6 Å². The van der Waals surface area contributed by atoms with E-state index in [-0.39, 0.29) is 12.1 Å². The van der Waals surface area contributed by atoms with Crippen LogP contribution in [0.3, 0.4) is 0 Å². The molecule has 3 heteroatoms.